The van der Waals surface area contributed by atoms with Gasteiger partial charge in [0.2, 0.25) is 10.0 Å². The molecule has 2 aromatic rings. The zero-order valence-corrected chi connectivity index (χ0v) is 16.7. The summed E-state index contributed by atoms with van der Waals surface area (Å²) in [5.41, 5.74) is 1.70. The molecule has 2 rings (SSSR count). The summed E-state index contributed by atoms with van der Waals surface area (Å²) >= 11 is 0. The molecular formula is C20H26N2O4S. The van der Waals surface area contributed by atoms with Gasteiger partial charge in [0.25, 0.3) is 5.91 Å². The quantitative estimate of drug-likeness (QED) is 0.688. The summed E-state index contributed by atoms with van der Waals surface area (Å²) in [5, 5.41) is 2.73. The van der Waals surface area contributed by atoms with Gasteiger partial charge in [-0.05, 0) is 61.7 Å². The Kier molecular flexibility index (Phi) is 7.38. The molecule has 2 N–H and O–H groups in total. The number of hydrogen-bond acceptors (Lipinski definition) is 4. The summed E-state index contributed by atoms with van der Waals surface area (Å²) in [6.45, 7) is 6.01. The van der Waals surface area contributed by atoms with Crippen LogP contribution in [0.2, 0.25) is 0 Å². The number of amides is 1. The first-order valence-corrected chi connectivity index (χ1v) is 10.5. The standard InChI is InChI=1S/C20H26N2O4S/c1-4-14-21-27(24,25)19-12-8-17(9-13-19)22-20(23)15(3)26-18-10-6-16(5-2)7-11-18/h6-13,15,21H,4-5,14H2,1-3H3,(H,22,23)/t15-/m1/s1. The molecule has 0 bridgehead atoms. The van der Waals surface area contributed by atoms with Crippen LogP contribution in [-0.4, -0.2) is 27.0 Å². The van der Waals surface area contributed by atoms with Crippen molar-refractivity contribution in [2.24, 2.45) is 0 Å². The Hall–Kier alpha value is -2.38. The summed E-state index contributed by atoms with van der Waals surface area (Å²) in [7, 11) is -3.52. The summed E-state index contributed by atoms with van der Waals surface area (Å²) in [6, 6.07) is 13.6. The average molecular weight is 391 g/mol. The number of sulfonamides is 1. The van der Waals surface area contributed by atoms with Gasteiger partial charge < -0.3 is 10.1 Å². The highest BCUT2D eigenvalue weighted by Gasteiger charge is 2.16. The normalized spacial score (nSPS) is 12.4. The smallest absolute Gasteiger partial charge is 0.265 e. The van der Waals surface area contributed by atoms with E-state index in [-0.39, 0.29) is 10.8 Å². The highest BCUT2D eigenvalue weighted by atomic mass is 32.2. The van der Waals surface area contributed by atoms with E-state index in [0.717, 1.165) is 6.42 Å². The van der Waals surface area contributed by atoms with Gasteiger partial charge in [-0.1, -0.05) is 26.0 Å². The number of carbonyl (C=O) groups is 1. The molecule has 2 aromatic carbocycles. The highest BCUT2D eigenvalue weighted by molar-refractivity contribution is 7.89. The van der Waals surface area contributed by atoms with Crippen LogP contribution in [0.3, 0.4) is 0 Å². The van der Waals surface area contributed by atoms with E-state index >= 15 is 0 Å². The maximum Gasteiger partial charge on any atom is 0.265 e. The molecule has 27 heavy (non-hydrogen) atoms. The molecule has 0 saturated heterocycles. The van der Waals surface area contributed by atoms with Crippen LogP contribution < -0.4 is 14.8 Å². The topological polar surface area (TPSA) is 84.5 Å². The van der Waals surface area contributed by atoms with Gasteiger partial charge in [-0.3, -0.25) is 4.79 Å². The summed E-state index contributed by atoms with van der Waals surface area (Å²) in [5.74, 6) is 0.313. The molecule has 7 heteroatoms. The van der Waals surface area contributed by atoms with Gasteiger partial charge in [-0.25, -0.2) is 13.1 Å². The van der Waals surface area contributed by atoms with E-state index in [1.165, 1.54) is 17.7 Å². The SMILES string of the molecule is CCCNS(=O)(=O)c1ccc(NC(=O)[C@@H](C)Oc2ccc(CC)cc2)cc1. The van der Waals surface area contributed by atoms with Crippen LogP contribution in [0.1, 0.15) is 32.8 Å². The first-order valence-electron chi connectivity index (χ1n) is 9.02. The highest BCUT2D eigenvalue weighted by Crippen LogP contribution is 2.17. The lowest BCUT2D eigenvalue weighted by Gasteiger charge is -2.15. The van der Waals surface area contributed by atoms with Gasteiger partial charge in [-0.2, -0.15) is 0 Å². The molecule has 0 aliphatic carbocycles. The fraction of sp³-hybridized carbons (Fsp3) is 0.350. The Labute approximate surface area is 161 Å². The zero-order chi connectivity index (χ0) is 19.9. The second kappa shape index (κ2) is 9.53. The van der Waals surface area contributed by atoms with Crippen molar-refractivity contribution in [1.82, 2.24) is 4.72 Å². The van der Waals surface area contributed by atoms with Crippen molar-refractivity contribution < 1.29 is 17.9 Å². The number of anilines is 1. The molecule has 0 saturated carbocycles. The molecule has 1 amide bonds. The molecule has 0 radical (unpaired) electrons. The third kappa shape index (κ3) is 6.08. The number of nitrogens with one attached hydrogen (secondary N) is 2. The Morgan fingerprint density at radius 3 is 2.22 bits per heavy atom. The molecule has 0 unspecified atom stereocenters. The third-order valence-corrected chi connectivity index (χ3v) is 5.46. The molecular weight excluding hydrogens is 364 g/mol. The minimum absolute atomic E-state index is 0.161. The Morgan fingerprint density at radius 1 is 1.04 bits per heavy atom. The molecule has 0 aromatic heterocycles. The number of benzene rings is 2. The lowest BCUT2D eigenvalue weighted by atomic mass is 10.2. The second-order valence-electron chi connectivity index (χ2n) is 6.17. The summed E-state index contributed by atoms with van der Waals surface area (Å²) in [4.78, 5) is 12.5. The van der Waals surface area contributed by atoms with Crippen LogP contribution in [0, 0.1) is 0 Å². The van der Waals surface area contributed by atoms with Crippen molar-refractivity contribution in [3.8, 4) is 5.75 Å². The maximum atomic E-state index is 12.3. The molecule has 0 spiro atoms. The van der Waals surface area contributed by atoms with E-state index < -0.39 is 16.1 Å². The first-order chi connectivity index (χ1) is 12.9. The van der Waals surface area contributed by atoms with Crippen LogP contribution in [0.5, 0.6) is 5.75 Å². The molecule has 0 heterocycles. The molecule has 146 valence electrons. The van der Waals surface area contributed by atoms with Crippen LogP contribution >= 0.6 is 0 Å². The fourth-order valence-electron chi connectivity index (χ4n) is 2.34. The van der Waals surface area contributed by atoms with Crippen molar-refractivity contribution in [2.75, 3.05) is 11.9 Å². The first kappa shape index (κ1) is 20.9. The maximum absolute atomic E-state index is 12.3. The van der Waals surface area contributed by atoms with Gasteiger partial charge >= 0.3 is 0 Å². The molecule has 0 fully saturated rings. The van der Waals surface area contributed by atoms with Crippen molar-refractivity contribution in [3.05, 3.63) is 54.1 Å². The van der Waals surface area contributed by atoms with Crippen molar-refractivity contribution in [3.63, 3.8) is 0 Å². The minimum atomic E-state index is -3.52. The Balaban J connectivity index is 1.96. The van der Waals surface area contributed by atoms with E-state index in [0.29, 0.717) is 24.4 Å². The Morgan fingerprint density at radius 2 is 1.67 bits per heavy atom. The van der Waals surface area contributed by atoms with E-state index in [9.17, 15) is 13.2 Å². The van der Waals surface area contributed by atoms with Gasteiger partial charge in [0.1, 0.15) is 5.75 Å². The summed E-state index contributed by atoms with van der Waals surface area (Å²) in [6.07, 6.45) is 0.967. The number of aryl methyl sites for hydroxylation is 1. The number of ether oxygens (including phenoxy) is 1. The van der Waals surface area contributed by atoms with Gasteiger partial charge in [0.05, 0.1) is 4.90 Å². The van der Waals surface area contributed by atoms with E-state index in [1.807, 2.05) is 31.2 Å². The van der Waals surface area contributed by atoms with Crippen molar-refractivity contribution in [2.45, 2.75) is 44.6 Å². The van der Waals surface area contributed by atoms with E-state index in [1.54, 1.807) is 19.1 Å². The van der Waals surface area contributed by atoms with Gasteiger partial charge in [0.15, 0.2) is 6.10 Å². The zero-order valence-electron chi connectivity index (χ0n) is 15.9. The van der Waals surface area contributed by atoms with Crippen LogP contribution in [0.15, 0.2) is 53.4 Å². The predicted molar refractivity (Wildman–Crippen MR) is 106 cm³/mol. The third-order valence-electron chi connectivity index (χ3n) is 3.99. The van der Waals surface area contributed by atoms with Crippen LogP contribution in [0.4, 0.5) is 5.69 Å². The Bertz CT molecular complexity index is 847. The summed E-state index contributed by atoms with van der Waals surface area (Å²) < 4.78 is 32.3. The van der Waals surface area contributed by atoms with E-state index in [4.69, 9.17) is 4.74 Å². The van der Waals surface area contributed by atoms with Gasteiger partial charge in [-0.15, -0.1) is 0 Å². The predicted octanol–water partition coefficient (Wildman–Crippen LogP) is 3.34. The molecule has 6 nitrogen and oxygen atoms in total. The van der Waals surface area contributed by atoms with Gasteiger partial charge in [0, 0.05) is 12.2 Å². The average Bonchev–Trinajstić information content (AvgIpc) is 2.67. The van der Waals surface area contributed by atoms with Crippen LogP contribution in [0.25, 0.3) is 0 Å². The van der Waals surface area contributed by atoms with Crippen LogP contribution in [-0.2, 0) is 21.2 Å². The number of carbonyl (C=O) groups excluding carboxylic acids is 1. The molecule has 0 aliphatic heterocycles. The fourth-order valence-corrected chi connectivity index (χ4v) is 3.48. The number of hydrogen-bond donors (Lipinski definition) is 2. The minimum Gasteiger partial charge on any atom is -0.481 e. The van der Waals surface area contributed by atoms with Crippen molar-refractivity contribution in [1.29, 1.82) is 0 Å². The monoisotopic (exact) mass is 390 g/mol. The molecule has 0 aliphatic rings. The lowest BCUT2D eigenvalue weighted by molar-refractivity contribution is -0.122. The largest absolute Gasteiger partial charge is 0.481 e. The molecule has 1 atom stereocenters. The van der Waals surface area contributed by atoms with E-state index in [2.05, 4.69) is 17.0 Å². The number of rotatable bonds is 9. The van der Waals surface area contributed by atoms with Crippen molar-refractivity contribution >= 4 is 21.6 Å². The lowest BCUT2D eigenvalue weighted by Crippen LogP contribution is -2.30. The second-order valence-corrected chi connectivity index (χ2v) is 7.94.